The van der Waals surface area contributed by atoms with E-state index in [1.165, 1.54) is 25.7 Å². The second kappa shape index (κ2) is 6.46. The standard InChI is InChI=1S/C20H40S/c1-10-18(7)13-17(21)16(6)19(8,11-2)14(4)15(5)20(18,9)12-3/h14-17,21H,10-13H2,1-9H3/t14-,15-,16?,17?,18?,19-,20+/m1/s1. The quantitative estimate of drug-likeness (QED) is 0.541. The van der Waals surface area contributed by atoms with Crippen LogP contribution in [-0.2, 0) is 0 Å². The number of hydrogen-bond donors (Lipinski definition) is 1. The Hall–Kier alpha value is 0.350. The smallest absolute Gasteiger partial charge is 0.00531 e. The SMILES string of the molecule is CCC1(C)CC(S)C(C)[C@](C)(CC)[C@H](C)[C@@H](C)[C@]1(C)CC. The minimum Gasteiger partial charge on any atom is -0.176 e. The third kappa shape index (κ3) is 2.81. The van der Waals surface area contributed by atoms with Crippen LogP contribution in [0.4, 0.5) is 0 Å². The van der Waals surface area contributed by atoms with Gasteiger partial charge in [0.25, 0.3) is 0 Å². The van der Waals surface area contributed by atoms with Gasteiger partial charge in [-0.2, -0.15) is 12.6 Å². The number of hydrogen-bond acceptors (Lipinski definition) is 1. The molecular formula is C20H40S. The maximum Gasteiger partial charge on any atom is 0.00531 e. The first kappa shape index (κ1) is 19.4. The Kier molecular flexibility index (Phi) is 5.96. The molecule has 0 amide bonds. The lowest BCUT2D eigenvalue weighted by Crippen LogP contribution is -2.53. The summed E-state index contributed by atoms with van der Waals surface area (Å²) in [5.74, 6) is 2.17. The van der Waals surface area contributed by atoms with Gasteiger partial charge in [0.05, 0.1) is 0 Å². The molecule has 1 aliphatic rings. The molecule has 0 spiro atoms. The van der Waals surface area contributed by atoms with E-state index in [1.54, 1.807) is 0 Å². The predicted molar refractivity (Wildman–Crippen MR) is 100 cm³/mol. The van der Waals surface area contributed by atoms with Crippen LogP contribution in [0.2, 0.25) is 0 Å². The largest absolute Gasteiger partial charge is 0.176 e. The topological polar surface area (TPSA) is 0 Å². The van der Waals surface area contributed by atoms with Gasteiger partial charge in [-0.25, -0.2) is 0 Å². The van der Waals surface area contributed by atoms with Crippen LogP contribution in [0.1, 0.15) is 88.0 Å². The van der Waals surface area contributed by atoms with Crippen molar-refractivity contribution in [2.75, 3.05) is 0 Å². The van der Waals surface area contributed by atoms with Gasteiger partial charge in [-0.1, -0.05) is 75.2 Å². The third-order valence-electron chi connectivity index (χ3n) is 8.73. The minimum atomic E-state index is 0.394. The lowest BCUT2D eigenvalue weighted by atomic mass is 9.46. The maximum absolute atomic E-state index is 5.09. The Morgan fingerprint density at radius 3 is 1.71 bits per heavy atom. The van der Waals surface area contributed by atoms with Gasteiger partial charge in [-0.05, 0) is 46.8 Å². The second-order valence-electron chi connectivity index (χ2n) is 8.68. The van der Waals surface area contributed by atoms with Crippen molar-refractivity contribution in [3.63, 3.8) is 0 Å². The van der Waals surface area contributed by atoms with E-state index in [1.807, 2.05) is 0 Å². The highest BCUT2D eigenvalue weighted by atomic mass is 32.1. The molecule has 126 valence electrons. The summed E-state index contributed by atoms with van der Waals surface area (Å²) >= 11 is 5.09. The lowest BCUT2D eigenvalue weighted by Gasteiger charge is -2.59. The van der Waals surface area contributed by atoms with E-state index in [-0.39, 0.29) is 0 Å². The van der Waals surface area contributed by atoms with Gasteiger partial charge in [0.1, 0.15) is 0 Å². The Morgan fingerprint density at radius 2 is 1.33 bits per heavy atom. The molecule has 0 saturated heterocycles. The van der Waals surface area contributed by atoms with Crippen LogP contribution in [0.15, 0.2) is 0 Å². The summed E-state index contributed by atoms with van der Waals surface area (Å²) in [7, 11) is 0. The Bertz CT molecular complexity index is 352. The highest BCUT2D eigenvalue weighted by Gasteiger charge is 2.54. The average Bonchev–Trinajstić information content (AvgIpc) is 2.49. The molecule has 21 heavy (non-hydrogen) atoms. The molecule has 1 aliphatic carbocycles. The van der Waals surface area contributed by atoms with Crippen molar-refractivity contribution in [3.8, 4) is 0 Å². The molecule has 7 atom stereocenters. The summed E-state index contributed by atoms with van der Waals surface area (Å²) in [5.41, 5.74) is 1.20. The molecule has 1 heteroatoms. The average molecular weight is 313 g/mol. The van der Waals surface area contributed by atoms with Crippen LogP contribution in [0.25, 0.3) is 0 Å². The van der Waals surface area contributed by atoms with Crippen LogP contribution < -0.4 is 0 Å². The minimum absolute atomic E-state index is 0.394. The molecule has 0 aromatic rings. The molecule has 0 aromatic carbocycles. The molecule has 0 nitrogen and oxygen atoms in total. The molecule has 0 bridgehead atoms. The number of rotatable bonds is 3. The molecular weight excluding hydrogens is 272 g/mol. The Labute approximate surface area is 140 Å². The zero-order chi connectivity index (χ0) is 16.6. The lowest BCUT2D eigenvalue weighted by molar-refractivity contribution is -0.0887. The molecule has 1 rings (SSSR count). The molecule has 0 radical (unpaired) electrons. The van der Waals surface area contributed by atoms with Crippen molar-refractivity contribution in [1.29, 1.82) is 0 Å². The summed E-state index contributed by atoms with van der Waals surface area (Å²) in [6, 6.07) is 0. The first-order valence-electron chi connectivity index (χ1n) is 9.22. The summed E-state index contributed by atoms with van der Waals surface area (Å²) in [6.07, 6.45) is 5.06. The molecule has 0 N–H and O–H groups in total. The van der Waals surface area contributed by atoms with E-state index in [0.29, 0.717) is 27.4 Å². The normalized spacial score (nSPS) is 52.3. The Morgan fingerprint density at radius 1 is 0.810 bits per heavy atom. The van der Waals surface area contributed by atoms with E-state index in [2.05, 4.69) is 62.3 Å². The summed E-state index contributed by atoms with van der Waals surface area (Å²) in [5, 5.41) is 0.515. The van der Waals surface area contributed by atoms with Crippen LogP contribution in [0.5, 0.6) is 0 Å². The molecule has 0 aliphatic heterocycles. The fourth-order valence-corrected chi connectivity index (χ4v) is 6.08. The van der Waals surface area contributed by atoms with Crippen LogP contribution in [0.3, 0.4) is 0 Å². The fraction of sp³-hybridized carbons (Fsp3) is 1.00. The zero-order valence-corrected chi connectivity index (χ0v) is 17.0. The predicted octanol–water partition coefficient (Wildman–Crippen LogP) is 6.85. The first-order valence-corrected chi connectivity index (χ1v) is 9.73. The molecule has 3 unspecified atom stereocenters. The van der Waals surface area contributed by atoms with Gasteiger partial charge in [0, 0.05) is 5.25 Å². The molecule has 0 heterocycles. The van der Waals surface area contributed by atoms with E-state index >= 15 is 0 Å². The monoisotopic (exact) mass is 312 g/mol. The number of thiol groups is 1. The van der Waals surface area contributed by atoms with E-state index < -0.39 is 0 Å². The van der Waals surface area contributed by atoms with Gasteiger partial charge in [-0.15, -0.1) is 0 Å². The van der Waals surface area contributed by atoms with E-state index in [9.17, 15) is 0 Å². The van der Waals surface area contributed by atoms with Crippen molar-refractivity contribution in [1.82, 2.24) is 0 Å². The van der Waals surface area contributed by atoms with Gasteiger partial charge in [0.2, 0.25) is 0 Å². The third-order valence-corrected chi connectivity index (χ3v) is 9.36. The van der Waals surface area contributed by atoms with E-state index in [4.69, 9.17) is 12.6 Å². The summed E-state index contributed by atoms with van der Waals surface area (Å²) in [6.45, 7) is 22.3. The second-order valence-corrected chi connectivity index (χ2v) is 9.35. The highest BCUT2D eigenvalue weighted by molar-refractivity contribution is 7.81. The van der Waals surface area contributed by atoms with Crippen LogP contribution >= 0.6 is 12.6 Å². The van der Waals surface area contributed by atoms with Gasteiger partial charge in [-0.3, -0.25) is 0 Å². The fourth-order valence-electron chi connectivity index (χ4n) is 5.34. The first-order chi connectivity index (χ1) is 9.54. The van der Waals surface area contributed by atoms with Gasteiger partial charge >= 0.3 is 0 Å². The summed E-state index contributed by atoms with van der Waals surface area (Å²) in [4.78, 5) is 0. The van der Waals surface area contributed by atoms with Crippen LogP contribution in [-0.4, -0.2) is 5.25 Å². The molecule has 1 saturated carbocycles. The maximum atomic E-state index is 5.09. The van der Waals surface area contributed by atoms with Gasteiger partial charge in [0.15, 0.2) is 0 Å². The molecule has 0 aromatic heterocycles. The highest BCUT2D eigenvalue weighted by Crippen LogP contribution is 2.61. The van der Waals surface area contributed by atoms with Gasteiger partial charge < -0.3 is 0 Å². The van der Waals surface area contributed by atoms with Crippen molar-refractivity contribution >= 4 is 12.6 Å². The van der Waals surface area contributed by atoms with E-state index in [0.717, 1.165) is 11.8 Å². The van der Waals surface area contributed by atoms with Crippen molar-refractivity contribution < 1.29 is 0 Å². The van der Waals surface area contributed by atoms with Crippen molar-refractivity contribution in [2.24, 2.45) is 34.0 Å². The zero-order valence-electron chi connectivity index (χ0n) is 16.1. The van der Waals surface area contributed by atoms with Crippen LogP contribution in [0, 0.1) is 34.0 Å². The molecule has 1 fully saturated rings. The van der Waals surface area contributed by atoms with Crippen molar-refractivity contribution in [3.05, 3.63) is 0 Å². The Balaban J connectivity index is 3.43. The summed E-state index contributed by atoms with van der Waals surface area (Å²) < 4.78 is 0. The van der Waals surface area contributed by atoms with Crippen molar-refractivity contribution in [2.45, 2.75) is 93.2 Å².